The molecule has 9 heteroatoms. The van der Waals surface area contributed by atoms with Crippen LogP contribution in [0.5, 0.6) is 5.75 Å². The second-order valence-corrected chi connectivity index (χ2v) is 9.11. The minimum absolute atomic E-state index is 0.0288. The molecule has 3 aliphatic rings. The SMILES string of the molecule is CC(C)N(C(=O)c1cc(F)ccc1ON1C=C(N2CCC3(CNC3)C2)N=CN1)C(C)C. The van der Waals surface area contributed by atoms with E-state index in [1.54, 1.807) is 17.4 Å². The van der Waals surface area contributed by atoms with Gasteiger partial charge in [-0.15, -0.1) is 5.17 Å². The zero-order valence-electron chi connectivity index (χ0n) is 18.6. The number of aliphatic imine (C=N–C) groups is 1. The molecule has 0 aliphatic carbocycles. The van der Waals surface area contributed by atoms with Crippen LogP contribution in [-0.2, 0) is 0 Å². The summed E-state index contributed by atoms with van der Waals surface area (Å²) < 4.78 is 14.0. The molecule has 2 saturated heterocycles. The highest BCUT2D eigenvalue weighted by atomic mass is 19.1. The molecule has 1 aromatic rings. The summed E-state index contributed by atoms with van der Waals surface area (Å²) >= 11 is 0. The van der Waals surface area contributed by atoms with Crippen LogP contribution >= 0.6 is 0 Å². The van der Waals surface area contributed by atoms with E-state index >= 15 is 0 Å². The maximum absolute atomic E-state index is 14.0. The standard InChI is InChI=1S/C22H31FN6O2/c1-15(2)29(16(3)4)21(30)18-9-17(23)5-6-19(18)31-28-10-20(25-14-26-28)27-8-7-22(13-27)11-24-12-22/h5-6,9-10,14-16,24H,7-8,11-13H2,1-4H3,(H,25,26). The van der Waals surface area contributed by atoms with Crippen molar-refractivity contribution in [2.75, 3.05) is 26.2 Å². The minimum Gasteiger partial charge on any atom is -0.359 e. The molecule has 0 aromatic heterocycles. The fourth-order valence-electron chi connectivity index (χ4n) is 4.50. The first-order valence-corrected chi connectivity index (χ1v) is 10.8. The number of likely N-dealkylation sites (tertiary alicyclic amines) is 1. The van der Waals surface area contributed by atoms with Crippen LogP contribution in [0.4, 0.5) is 4.39 Å². The normalized spacial score (nSPS) is 19.5. The number of amides is 1. The van der Waals surface area contributed by atoms with E-state index in [2.05, 4.69) is 20.6 Å². The Kier molecular flexibility index (Phi) is 5.79. The number of hydrogen-bond donors (Lipinski definition) is 2. The molecule has 3 heterocycles. The van der Waals surface area contributed by atoms with E-state index in [1.165, 1.54) is 23.4 Å². The zero-order chi connectivity index (χ0) is 22.2. The van der Waals surface area contributed by atoms with Crippen molar-refractivity contribution < 1.29 is 14.0 Å². The van der Waals surface area contributed by atoms with E-state index in [0.29, 0.717) is 5.41 Å². The molecule has 4 rings (SSSR count). The summed E-state index contributed by atoms with van der Waals surface area (Å²) in [4.78, 5) is 27.6. The molecule has 0 bridgehead atoms. The first kappa shape index (κ1) is 21.4. The molecule has 1 aromatic carbocycles. The van der Waals surface area contributed by atoms with E-state index in [0.717, 1.165) is 38.4 Å². The van der Waals surface area contributed by atoms with Crippen molar-refractivity contribution in [1.82, 2.24) is 25.7 Å². The highest BCUT2D eigenvalue weighted by molar-refractivity contribution is 5.97. The summed E-state index contributed by atoms with van der Waals surface area (Å²) in [6.07, 6.45) is 4.45. The van der Waals surface area contributed by atoms with Crippen LogP contribution in [0, 0.1) is 11.2 Å². The summed E-state index contributed by atoms with van der Waals surface area (Å²) in [7, 11) is 0. The number of benzene rings is 1. The second-order valence-electron chi connectivity index (χ2n) is 9.11. The number of hydroxylamine groups is 1. The number of nitrogens with one attached hydrogen (secondary N) is 2. The Hall–Kier alpha value is -2.81. The highest BCUT2D eigenvalue weighted by Crippen LogP contribution is 2.36. The van der Waals surface area contributed by atoms with Gasteiger partial charge in [-0.1, -0.05) is 0 Å². The van der Waals surface area contributed by atoms with Gasteiger partial charge in [-0.25, -0.2) is 9.38 Å². The molecule has 0 radical (unpaired) electrons. The van der Waals surface area contributed by atoms with Gasteiger partial charge in [-0.2, -0.15) is 0 Å². The Morgan fingerprint density at radius 1 is 1.26 bits per heavy atom. The lowest BCUT2D eigenvalue weighted by Gasteiger charge is -2.39. The van der Waals surface area contributed by atoms with Crippen LogP contribution in [0.15, 0.2) is 35.2 Å². The fourth-order valence-corrected chi connectivity index (χ4v) is 4.50. The van der Waals surface area contributed by atoms with Crippen LogP contribution in [0.2, 0.25) is 0 Å². The third-order valence-electron chi connectivity index (χ3n) is 6.09. The Labute approximate surface area is 182 Å². The van der Waals surface area contributed by atoms with Gasteiger partial charge in [-0.05, 0) is 52.3 Å². The second kappa shape index (κ2) is 8.37. The average molecular weight is 431 g/mol. The van der Waals surface area contributed by atoms with E-state index in [9.17, 15) is 9.18 Å². The molecule has 0 atom stereocenters. The van der Waals surface area contributed by atoms with Gasteiger partial charge in [0.2, 0.25) is 0 Å². The first-order chi connectivity index (χ1) is 14.8. The van der Waals surface area contributed by atoms with Gasteiger partial charge in [0.25, 0.3) is 5.91 Å². The smallest absolute Gasteiger partial charge is 0.258 e. The lowest BCUT2D eigenvalue weighted by Crippen LogP contribution is -2.54. The van der Waals surface area contributed by atoms with Crippen molar-refractivity contribution in [3.05, 3.63) is 41.6 Å². The van der Waals surface area contributed by atoms with Gasteiger partial charge >= 0.3 is 0 Å². The molecule has 168 valence electrons. The van der Waals surface area contributed by atoms with Crippen molar-refractivity contribution in [2.24, 2.45) is 10.4 Å². The van der Waals surface area contributed by atoms with Crippen LogP contribution in [0.25, 0.3) is 0 Å². The molecule has 1 amide bonds. The fraction of sp³-hybridized carbons (Fsp3) is 0.545. The third kappa shape index (κ3) is 4.32. The molecule has 2 fully saturated rings. The van der Waals surface area contributed by atoms with Crippen LogP contribution in [0.1, 0.15) is 44.5 Å². The summed E-state index contributed by atoms with van der Waals surface area (Å²) in [5.41, 5.74) is 3.44. The molecular weight excluding hydrogens is 399 g/mol. The molecule has 0 unspecified atom stereocenters. The van der Waals surface area contributed by atoms with Gasteiger partial charge in [-0.3, -0.25) is 10.2 Å². The largest absolute Gasteiger partial charge is 0.359 e. The molecule has 1 spiro atoms. The van der Waals surface area contributed by atoms with E-state index < -0.39 is 5.82 Å². The number of hydrazine groups is 1. The number of rotatable bonds is 6. The van der Waals surface area contributed by atoms with Crippen molar-refractivity contribution in [3.63, 3.8) is 0 Å². The topological polar surface area (TPSA) is 72.4 Å². The Morgan fingerprint density at radius 2 is 2.00 bits per heavy atom. The monoisotopic (exact) mass is 430 g/mol. The third-order valence-corrected chi connectivity index (χ3v) is 6.09. The number of carbonyl (C=O) groups excluding carboxylic acids is 1. The van der Waals surface area contributed by atoms with Crippen LogP contribution < -0.4 is 15.6 Å². The highest BCUT2D eigenvalue weighted by Gasteiger charge is 2.43. The Bertz CT molecular complexity index is 888. The van der Waals surface area contributed by atoms with Gasteiger partial charge in [0.15, 0.2) is 11.6 Å². The molecule has 2 N–H and O–H groups in total. The number of hydrogen-bond acceptors (Lipinski definition) is 7. The number of nitrogens with zero attached hydrogens (tertiary/aromatic N) is 4. The lowest BCUT2D eigenvalue weighted by molar-refractivity contribution is -0.0390. The molecule has 8 nitrogen and oxygen atoms in total. The zero-order valence-corrected chi connectivity index (χ0v) is 18.6. The van der Waals surface area contributed by atoms with Gasteiger partial charge < -0.3 is 20.0 Å². The summed E-state index contributed by atoms with van der Waals surface area (Å²) in [6.45, 7) is 11.7. The van der Waals surface area contributed by atoms with Crippen molar-refractivity contribution in [1.29, 1.82) is 0 Å². The van der Waals surface area contributed by atoms with E-state index in [4.69, 9.17) is 4.84 Å². The minimum atomic E-state index is -0.482. The van der Waals surface area contributed by atoms with Gasteiger partial charge in [0, 0.05) is 43.7 Å². The summed E-state index contributed by atoms with van der Waals surface area (Å²) in [5.74, 6) is 0.318. The molecular formula is C22H31FN6O2. The molecule has 31 heavy (non-hydrogen) atoms. The van der Waals surface area contributed by atoms with Crippen molar-refractivity contribution in [2.45, 2.75) is 46.2 Å². The molecule has 0 saturated carbocycles. The first-order valence-electron chi connectivity index (χ1n) is 10.8. The van der Waals surface area contributed by atoms with Gasteiger partial charge in [0.05, 0.1) is 5.56 Å². The van der Waals surface area contributed by atoms with E-state index in [1.807, 2.05) is 27.7 Å². The summed E-state index contributed by atoms with van der Waals surface area (Å²) in [5, 5.41) is 4.76. The maximum Gasteiger partial charge on any atom is 0.258 e. The maximum atomic E-state index is 14.0. The number of halogens is 1. The quantitative estimate of drug-likeness (QED) is 0.722. The number of carbonyl (C=O) groups is 1. The lowest BCUT2D eigenvalue weighted by atomic mass is 9.81. The van der Waals surface area contributed by atoms with Crippen molar-refractivity contribution >= 4 is 12.2 Å². The summed E-state index contributed by atoms with van der Waals surface area (Å²) in [6, 6.07) is 3.94. The Morgan fingerprint density at radius 3 is 2.61 bits per heavy atom. The Balaban J connectivity index is 1.53. The van der Waals surface area contributed by atoms with Gasteiger partial charge in [0.1, 0.15) is 18.4 Å². The predicted molar refractivity (Wildman–Crippen MR) is 117 cm³/mol. The van der Waals surface area contributed by atoms with E-state index in [-0.39, 0.29) is 29.3 Å². The van der Waals surface area contributed by atoms with Crippen LogP contribution in [-0.4, -0.2) is 65.5 Å². The average Bonchev–Trinajstić information content (AvgIpc) is 3.15. The van der Waals surface area contributed by atoms with Crippen LogP contribution in [0.3, 0.4) is 0 Å². The van der Waals surface area contributed by atoms with Crippen molar-refractivity contribution in [3.8, 4) is 5.75 Å². The predicted octanol–water partition coefficient (Wildman–Crippen LogP) is 2.32. The molecule has 3 aliphatic heterocycles.